The van der Waals surface area contributed by atoms with Crippen LogP contribution in [0.2, 0.25) is 0 Å². The van der Waals surface area contributed by atoms with Crippen LogP contribution in [0.1, 0.15) is 38.8 Å². The van der Waals surface area contributed by atoms with Gasteiger partial charge in [0.15, 0.2) is 0 Å². The zero-order valence-corrected chi connectivity index (χ0v) is 13.9. The van der Waals surface area contributed by atoms with E-state index in [9.17, 15) is 0 Å². The summed E-state index contributed by atoms with van der Waals surface area (Å²) in [6.07, 6.45) is 2.95. The van der Waals surface area contributed by atoms with Crippen LogP contribution in [0.3, 0.4) is 0 Å². The third kappa shape index (κ3) is 2.94. The highest BCUT2D eigenvalue weighted by Gasteiger charge is 2.36. The highest BCUT2D eigenvalue weighted by Crippen LogP contribution is 2.35. The summed E-state index contributed by atoms with van der Waals surface area (Å²) in [5.74, 6) is 0. The molecular formula is C18H27N3. The van der Waals surface area contributed by atoms with E-state index in [0.717, 1.165) is 18.5 Å². The normalized spacial score (nSPS) is 16.1. The Morgan fingerprint density at radius 3 is 2.52 bits per heavy atom. The minimum absolute atomic E-state index is 0.0435. The van der Waals surface area contributed by atoms with E-state index in [1.165, 1.54) is 10.9 Å². The number of hydrogen-bond acceptors (Lipinski definition) is 3. The highest BCUT2D eigenvalue weighted by molar-refractivity contribution is 5.82. The molecule has 0 radical (unpaired) electrons. The minimum Gasteiger partial charge on any atom is -0.309 e. The molecule has 1 N–H and O–H groups in total. The molecule has 0 aliphatic carbocycles. The third-order valence-electron chi connectivity index (χ3n) is 4.74. The molecule has 0 aliphatic rings. The van der Waals surface area contributed by atoms with Gasteiger partial charge in [-0.1, -0.05) is 38.1 Å². The number of hydrogen-bond donors (Lipinski definition) is 1. The molecule has 2 unspecified atom stereocenters. The van der Waals surface area contributed by atoms with Crippen LogP contribution in [0.5, 0.6) is 0 Å². The molecule has 0 saturated heterocycles. The SMILES string of the molecule is CCNC(c1cccc2cccnc12)C(C)(CC)N(C)C. The van der Waals surface area contributed by atoms with Gasteiger partial charge in [0.25, 0.3) is 0 Å². The van der Waals surface area contributed by atoms with Crippen molar-refractivity contribution in [3.8, 4) is 0 Å². The Kier molecular flexibility index (Phi) is 4.96. The van der Waals surface area contributed by atoms with Gasteiger partial charge in [0, 0.05) is 17.1 Å². The summed E-state index contributed by atoms with van der Waals surface area (Å²) >= 11 is 0. The predicted molar refractivity (Wildman–Crippen MR) is 90.5 cm³/mol. The highest BCUT2D eigenvalue weighted by atomic mass is 15.2. The molecule has 3 nitrogen and oxygen atoms in total. The van der Waals surface area contributed by atoms with E-state index in [4.69, 9.17) is 0 Å². The number of para-hydroxylation sites is 1. The van der Waals surface area contributed by atoms with E-state index < -0.39 is 0 Å². The summed E-state index contributed by atoms with van der Waals surface area (Å²) < 4.78 is 0. The van der Waals surface area contributed by atoms with Gasteiger partial charge in [0.1, 0.15) is 0 Å². The van der Waals surface area contributed by atoms with Crippen molar-refractivity contribution >= 4 is 10.9 Å². The fraction of sp³-hybridized carbons (Fsp3) is 0.500. The molecule has 0 saturated carbocycles. The van der Waals surface area contributed by atoms with Gasteiger partial charge in [-0.3, -0.25) is 4.98 Å². The molecule has 0 aliphatic heterocycles. The molecule has 2 atom stereocenters. The molecule has 0 amide bonds. The summed E-state index contributed by atoms with van der Waals surface area (Å²) in [6, 6.07) is 10.9. The Labute approximate surface area is 128 Å². The summed E-state index contributed by atoms with van der Waals surface area (Å²) in [6.45, 7) is 7.68. The van der Waals surface area contributed by atoms with Crippen molar-refractivity contribution in [3.63, 3.8) is 0 Å². The molecule has 1 aromatic carbocycles. The minimum atomic E-state index is 0.0435. The van der Waals surface area contributed by atoms with Gasteiger partial charge in [0.2, 0.25) is 0 Å². The van der Waals surface area contributed by atoms with Gasteiger partial charge in [-0.05, 0) is 45.6 Å². The number of benzene rings is 1. The zero-order chi connectivity index (χ0) is 15.5. The Bertz CT molecular complexity index is 589. The van der Waals surface area contributed by atoms with Crippen LogP contribution < -0.4 is 5.32 Å². The van der Waals surface area contributed by atoms with Gasteiger partial charge in [-0.15, -0.1) is 0 Å². The van der Waals surface area contributed by atoms with Gasteiger partial charge >= 0.3 is 0 Å². The quantitative estimate of drug-likeness (QED) is 0.878. The summed E-state index contributed by atoms with van der Waals surface area (Å²) in [5.41, 5.74) is 2.43. The molecule has 2 aromatic rings. The fourth-order valence-electron chi connectivity index (χ4n) is 3.01. The maximum absolute atomic E-state index is 4.63. The van der Waals surface area contributed by atoms with E-state index in [2.05, 4.69) is 74.3 Å². The number of rotatable bonds is 6. The van der Waals surface area contributed by atoms with E-state index >= 15 is 0 Å². The smallest absolute Gasteiger partial charge is 0.0750 e. The molecule has 1 heterocycles. The molecule has 1 aromatic heterocycles. The number of nitrogens with zero attached hydrogens (tertiary/aromatic N) is 2. The van der Waals surface area contributed by atoms with Crippen molar-refractivity contribution in [2.24, 2.45) is 0 Å². The number of fused-ring (bicyclic) bond motifs is 1. The van der Waals surface area contributed by atoms with Crippen LogP contribution in [-0.2, 0) is 0 Å². The first kappa shape index (κ1) is 15.9. The summed E-state index contributed by atoms with van der Waals surface area (Å²) in [5, 5.41) is 4.89. The van der Waals surface area contributed by atoms with Crippen LogP contribution >= 0.6 is 0 Å². The Balaban J connectivity index is 2.60. The lowest BCUT2D eigenvalue weighted by molar-refractivity contribution is 0.114. The van der Waals surface area contributed by atoms with E-state index in [1.54, 1.807) is 0 Å². The molecule has 0 bridgehead atoms. The average molecular weight is 285 g/mol. The third-order valence-corrected chi connectivity index (χ3v) is 4.74. The maximum atomic E-state index is 4.63. The van der Waals surface area contributed by atoms with Crippen molar-refractivity contribution in [2.45, 2.75) is 38.8 Å². The molecule has 0 fully saturated rings. The maximum Gasteiger partial charge on any atom is 0.0750 e. The van der Waals surface area contributed by atoms with Gasteiger partial charge in [0.05, 0.1) is 11.6 Å². The van der Waals surface area contributed by atoms with Crippen LogP contribution in [0.15, 0.2) is 36.5 Å². The van der Waals surface area contributed by atoms with Crippen molar-refractivity contribution in [2.75, 3.05) is 20.6 Å². The van der Waals surface area contributed by atoms with Crippen LogP contribution in [0.25, 0.3) is 10.9 Å². The zero-order valence-electron chi connectivity index (χ0n) is 13.9. The first-order valence-corrected chi connectivity index (χ1v) is 7.79. The fourth-order valence-corrected chi connectivity index (χ4v) is 3.01. The lowest BCUT2D eigenvalue weighted by atomic mass is 9.82. The standard InChI is InChI=1S/C18H27N3/c1-6-18(3,21(4)5)17(19-7-2)15-12-8-10-14-11-9-13-20-16(14)15/h8-13,17,19H,6-7H2,1-5H3. The molecule has 2 rings (SSSR count). The van der Waals surface area contributed by atoms with Crippen LogP contribution in [-0.4, -0.2) is 36.1 Å². The van der Waals surface area contributed by atoms with Gasteiger partial charge in [-0.25, -0.2) is 0 Å². The van der Waals surface area contributed by atoms with Crippen molar-refractivity contribution < 1.29 is 0 Å². The van der Waals surface area contributed by atoms with Crippen LogP contribution in [0, 0.1) is 0 Å². The van der Waals surface area contributed by atoms with Crippen LogP contribution in [0.4, 0.5) is 0 Å². The molecular weight excluding hydrogens is 258 g/mol. The Morgan fingerprint density at radius 1 is 1.19 bits per heavy atom. The molecule has 0 spiro atoms. The Hall–Kier alpha value is -1.45. The van der Waals surface area contributed by atoms with Crippen molar-refractivity contribution in [3.05, 3.63) is 42.1 Å². The molecule has 114 valence electrons. The lowest BCUT2D eigenvalue weighted by Gasteiger charge is -2.43. The van der Waals surface area contributed by atoms with E-state index in [0.29, 0.717) is 0 Å². The van der Waals surface area contributed by atoms with E-state index in [-0.39, 0.29) is 11.6 Å². The largest absolute Gasteiger partial charge is 0.309 e. The number of likely N-dealkylation sites (N-methyl/N-ethyl adjacent to an activating group) is 2. The number of pyridine rings is 1. The van der Waals surface area contributed by atoms with Gasteiger partial charge < -0.3 is 10.2 Å². The lowest BCUT2D eigenvalue weighted by Crippen LogP contribution is -2.51. The summed E-state index contributed by atoms with van der Waals surface area (Å²) in [4.78, 5) is 6.95. The second-order valence-electron chi connectivity index (χ2n) is 6.02. The topological polar surface area (TPSA) is 28.2 Å². The number of aromatic nitrogens is 1. The van der Waals surface area contributed by atoms with Gasteiger partial charge in [-0.2, -0.15) is 0 Å². The van der Waals surface area contributed by atoms with Crippen molar-refractivity contribution in [1.29, 1.82) is 0 Å². The molecule has 3 heteroatoms. The monoisotopic (exact) mass is 285 g/mol. The summed E-state index contributed by atoms with van der Waals surface area (Å²) in [7, 11) is 4.32. The van der Waals surface area contributed by atoms with E-state index in [1.807, 2.05) is 12.3 Å². The second kappa shape index (κ2) is 6.54. The Morgan fingerprint density at radius 2 is 1.90 bits per heavy atom. The second-order valence-corrected chi connectivity index (χ2v) is 6.02. The first-order chi connectivity index (χ1) is 10.0. The predicted octanol–water partition coefficient (Wildman–Crippen LogP) is 3.62. The average Bonchev–Trinajstić information content (AvgIpc) is 2.51. The first-order valence-electron chi connectivity index (χ1n) is 7.79. The number of nitrogens with one attached hydrogen (secondary N) is 1. The molecule has 21 heavy (non-hydrogen) atoms. The van der Waals surface area contributed by atoms with Crippen molar-refractivity contribution in [1.82, 2.24) is 15.2 Å².